The lowest BCUT2D eigenvalue weighted by Gasteiger charge is -2.31. The van der Waals surface area contributed by atoms with Crippen molar-refractivity contribution in [1.82, 2.24) is 4.90 Å². The molecule has 17 heavy (non-hydrogen) atoms. The van der Waals surface area contributed by atoms with Crippen molar-refractivity contribution < 1.29 is 13.6 Å². The Morgan fingerprint density at radius 1 is 1.35 bits per heavy atom. The fourth-order valence-electron chi connectivity index (χ4n) is 2.17. The van der Waals surface area contributed by atoms with Crippen molar-refractivity contribution in [3.63, 3.8) is 0 Å². The van der Waals surface area contributed by atoms with Crippen LogP contribution in [0.15, 0.2) is 11.7 Å². The number of likely N-dealkylation sites (tertiary alicyclic amines) is 1. The van der Waals surface area contributed by atoms with Crippen LogP contribution in [0.1, 0.15) is 41.0 Å². The second kappa shape index (κ2) is 4.84. The molecule has 1 heterocycles. The zero-order chi connectivity index (χ0) is 13.4. The highest BCUT2D eigenvalue weighted by atomic mass is 19.3. The van der Waals surface area contributed by atoms with Gasteiger partial charge in [0.1, 0.15) is 0 Å². The highest BCUT2D eigenvalue weighted by molar-refractivity contribution is 5.89. The van der Waals surface area contributed by atoms with Crippen molar-refractivity contribution in [2.24, 2.45) is 5.41 Å². The summed E-state index contributed by atoms with van der Waals surface area (Å²) in [7, 11) is 0. The lowest BCUT2D eigenvalue weighted by atomic mass is 9.85. The van der Waals surface area contributed by atoms with Gasteiger partial charge in [-0.3, -0.25) is 9.69 Å². The van der Waals surface area contributed by atoms with Crippen LogP contribution in [0, 0.1) is 5.41 Å². The predicted molar refractivity (Wildman–Crippen MR) is 64.0 cm³/mol. The number of ketones is 1. The van der Waals surface area contributed by atoms with E-state index < -0.39 is 17.5 Å². The highest BCUT2D eigenvalue weighted by Gasteiger charge is 2.40. The monoisotopic (exact) mass is 245 g/mol. The van der Waals surface area contributed by atoms with E-state index >= 15 is 0 Å². The molecule has 98 valence electrons. The number of carbonyl (C=O) groups excluding carboxylic acids is 1. The summed E-state index contributed by atoms with van der Waals surface area (Å²) in [5, 5.41) is 0. The van der Waals surface area contributed by atoms with Gasteiger partial charge in [-0.2, -0.15) is 8.78 Å². The summed E-state index contributed by atoms with van der Waals surface area (Å²) in [6.07, 6.45) is -1.45. The lowest BCUT2D eigenvalue weighted by Crippen LogP contribution is -2.44. The molecule has 0 unspecified atom stereocenters. The first-order valence-electron chi connectivity index (χ1n) is 5.97. The molecule has 0 amide bonds. The fourth-order valence-corrected chi connectivity index (χ4v) is 2.17. The van der Waals surface area contributed by atoms with Gasteiger partial charge in [0, 0.05) is 23.6 Å². The van der Waals surface area contributed by atoms with Gasteiger partial charge in [0.25, 0.3) is 6.08 Å². The first-order chi connectivity index (χ1) is 7.64. The summed E-state index contributed by atoms with van der Waals surface area (Å²) in [5.41, 5.74) is -0.374. The minimum absolute atomic E-state index is 0.0439. The molecule has 0 bridgehead atoms. The molecule has 1 fully saturated rings. The molecular weight excluding hydrogens is 224 g/mol. The zero-order valence-corrected chi connectivity index (χ0v) is 11.2. The number of halogens is 2. The van der Waals surface area contributed by atoms with Crippen LogP contribution >= 0.6 is 0 Å². The van der Waals surface area contributed by atoms with E-state index in [9.17, 15) is 13.6 Å². The van der Waals surface area contributed by atoms with Crippen LogP contribution in [0.4, 0.5) is 8.78 Å². The summed E-state index contributed by atoms with van der Waals surface area (Å²) >= 11 is 0. The Morgan fingerprint density at radius 3 is 2.24 bits per heavy atom. The Balaban J connectivity index is 2.98. The number of Topliss-reactive ketones (excluding diaryl/α,β-unsaturated/α-hetero) is 1. The quantitative estimate of drug-likeness (QED) is 0.744. The number of carbonyl (C=O) groups is 1. The van der Waals surface area contributed by atoms with Gasteiger partial charge in [-0.15, -0.1) is 0 Å². The summed E-state index contributed by atoms with van der Waals surface area (Å²) in [6.45, 7) is 9.58. The standard InChI is InChI=1S/C13H21F2NO/c1-8(2)16-7-9(12(14)15)6-10(16)11(17)13(3,4)5/h8,10H,6-7H2,1-5H3/t10-/m0/s1. The summed E-state index contributed by atoms with van der Waals surface area (Å²) < 4.78 is 25.3. The van der Waals surface area contributed by atoms with Crippen LogP contribution in [-0.2, 0) is 4.79 Å². The Kier molecular flexibility index (Phi) is 4.07. The van der Waals surface area contributed by atoms with Crippen molar-refractivity contribution in [2.45, 2.75) is 53.1 Å². The summed E-state index contributed by atoms with van der Waals surface area (Å²) in [4.78, 5) is 14.1. The minimum Gasteiger partial charge on any atom is -0.297 e. The van der Waals surface area contributed by atoms with Gasteiger partial charge in [-0.05, 0) is 20.3 Å². The van der Waals surface area contributed by atoms with E-state index in [1.165, 1.54) is 0 Å². The SMILES string of the molecule is CC(C)N1CC(=C(F)F)C[C@H]1C(=O)C(C)(C)C. The van der Waals surface area contributed by atoms with Crippen LogP contribution in [0.2, 0.25) is 0 Å². The van der Waals surface area contributed by atoms with E-state index in [4.69, 9.17) is 0 Å². The molecule has 1 aliphatic rings. The van der Waals surface area contributed by atoms with E-state index in [2.05, 4.69) is 0 Å². The minimum atomic E-state index is -1.63. The number of rotatable bonds is 2. The van der Waals surface area contributed by atoms with Gasteiger partial charge in [-0.1, -0.05) is 20.8 Å². The van der Waals surface area contributed by atoms with Crippen LogP contribution in [-0.4, -0.2) is 29.3 Å². The van der Waals surface area contributed by atoms with Crippen molar-refractivity contribution in [3.8, 4) is 0 Å². The third-order valence-corrected chi connectivity index (χ3v) is 3.19. The van der Waals surface area contributed by atoms with Gasteiger partial charge in [0.15, 0.2) is 5.78 Å². The van der Waals surface area contributed by atoms with Crippen molar-refractivity contribution >= 4 is 5.78 Å². The first kappa shape index (κ1) is 14.3. The third kappa shape index (κ3) is 3.12. The molecule has 0 aliphatic carbocycles. The molecule has 1 saturated heterocycles. The van der Waals surface area contributed by atoms with Crippen LogP contribution < -0.4 is 0 Å². The number of hydrogen-bond acceptors (Lipinski definition) is 2. The van der Waals surface area contributed by atoms with E-state index in [1.54, 1.807) is 0 Å². The van der Waals surface area contributed by atoms with E-state index in [0.717, 1.165) is 0 Å². The highest BCUT2D eigenvalue weighted by Crippen LogP contribution is 2.32. The lowest BCUT2D eigenvalue weighted by molar-refractivity contribution is -0.131. The molecule has 0 spiro atoms. The maximum absolute atomic E-state index is 12.7. The second-order valence-corrected chi connectivity index (χ2v) is 5.96. The van der Waals surface area contributed by atoms with Gasteiger partial charge in [0.2, 0.25) is 0 Å². The van der Waals surface area contributed by atoms with E-state index in [0.29, 0.717) is 0 Å². The average Bonchev–Trinajstić information content (AvgIpc) is 2.59. The molecule has 2 nitrogen and oxygen atoms in total. The largest absolute Gasteiger partial charge is 0.297 e. The molecular formula is C13H21F2NO. The maximum Gasteiger partial charge on any atom is 0.270 e. The van der Waals surface area contributed by atoms with Gasteiger partial charge < -0.3 is 0 Å². The molecule has 1 atom stereocenters. The van der Waals surface area contributed by atoms with Gasteiger partial charge in [0.05, 0.1) is 6.04 Å². The van der Waals surface area contributed by atoms with Gasteiger partial charge >= 0.3 is 0 Å². The zero-order valence-electron chi connectivity index (χ0n) is 11.2. The molecule has 1 rings (SSSR count). The van der Waals surface area contributed by atoms with Crippen LogP contribution in [0.3, 0.4) is 0 Å². The topological polar surface area (TPSA) is 20.3 Å². The second-order valence-electron chi connectivity index (χ2n) is 5.96. The van der Waals surface area contributed by atoms with Crippen molar-refractivity contribution in [2.75, 3.05) is 6.54 Å². The third-order valence-electron chi connectivity index (χ3n) is 3.19. The van der Waals surface area contributed by atoms with E-state index in [1.807, 2.05) is 39.5 Å². The van der Waals surface area contributed by atoms with Crippen LogP contribution in [0.25, 0.3) is 0 Å². The van der Waals surface area contributed by atoms with Crippen molar-refractivity contribution in [1.29, 1.82) is 0 Å². The normalized spacial score (nSPS) is 22.4. The summed E-state index contributed by atoms with van der Waals surface area (Å²) in [6, 6.07) is -0.297. The molecule has 4 heteroatoms. The maximum atomic E-state index is 12.7. The molecule has 0 aromatic carbocycles. The van der Waals surface area contributed by atoms with Crippen molar-refractivity contribution in [3.05, 3.63) is 11.7 Å². The molecule has 0 aromatic heterocycles. The van der Waals surface area contributed by atoms with Gasteiger partial charge in [-0.25, -0.2) is 0 Å². The smallest absolute Gasteiger partial charge is 0.270 e. The van der Waals surface area contributed by atoms with E-state index in [-0.39, 0.29) is 30.4 Å². The number of nitrogens with zero attached hydrogens (tertiary/aromatic N) is 1. The first-order valence-corrected chi connectivity index (χ1v) is 5.97. The number of hydrogen-bond donors (Lipinski definition) is 0. The Bertz CT molecular complexity index is 338. The average molecular weight is 245 g/mol. The Morgan fingerprint density at radius 2 is 1.88 bits per heavy atom. The predicted octanol–water partition coefficient (Wildman–Crippen LogP) is 3.23. The van der Waals surface area contributed by atoms with Crippen LogP contribution in [0.5, 0.6) is 0 Å². The molecule has 1 aliphatic heterocycles. The Labute approximate surface area is 102 Å². The Hall–Kier alpha value is -0.770. The summed E-state index contributed by atoms with van der Waals surface area (Å²) in [5.74, 6) is 0.0439. The molecule has 0 N–H and O–H groups in total. The molecule has 0 saturated carbocycles. The fraction of sp³-hybridized carbons (Fsp3) is 0.769. The molecule has 0 aromatic rings. The molecule has 0 radical (unpaired) electrons.